The summed E-state index contributed by atoms with van der Waals surface area (Å²) in [5.41, 5.74) is 0. The average molecular weight is 813 g/mol. The van der Waals surface area contributed by atoms with Crippen LogP contribution < -0.4 is 0 Å². The lowest BCUT2D eigenvalue weighted by atomic mass is 9.93. The molecule has 0 aromatic carbocycles. The summed E-state index contributed by atoms with van der Waals surface area (Å²) in [6.07, 6.45) is 72.9. The summed E-state index contributed by atoms with van der Waals surface area (Å²) in [6, 6.07) is 0. The molecule has 1 unspecified atom stereocenters. The van der Waals surface area contributed by atoms with Crippen molar-refractivity contribution in [2.45, 2.75) is 335 Å². The number of rotatable bonds is 50. The molecular weight excluding hydrogens is 705 g/mol. The normalized spacial score (nSPS) is 14.8. The van der Waals surface area contributed by atoms with Crippen LogP contribution in [0.4, 0.5) is 0 Å². The number of hydrogen-bond donors (Lipinski definition) is 0. The smallest absolute Gasteiger partial charge is 0.321 e. The SMILES string of the molecule is CCCCCCCCCCCCCCCCCCCCCCCCCC/C=C1\OC(=O)C1CCCCCCCCCCCCCCCCCCCCCCCCCC. The lowest BCUT2D eigenvalue weighted by molar-refractivity contribution is -0.157. The van der Waals surface area contributed by atoms with E-state index in [2.05, 4.69) is 19.9 Å². The van der Waals surface area contributed by atoms with E-state index in [1.54, 1.807) is 0 Å². The van der Waals surface area contributed by atoms with E-state index in [0.29, 0.717) is 0 Å². The first-order valence-electron chi connectivity index (χ1n) is 27.7. The molecule has 2 nitrogen and oxygen atoms in total. The van der Waals surface area contributed by atoms with Crippen LogP contribution in [0.3, 0.4) is 0 Å². The molecule has 0 saturated carbocycles. The number of unbranched alkanes of at least 4 members (excludes halogenated alkanes) is 47. The van der Waals surface area contributed by atoms with E-state index in [4.69, 9.17) is 4.74 Å². The molecule has 2 heteroatoms. The third-order valence-corrected chi connectivity index (χ3v) is 13.6. The van der Waals surface area contributed by atoms with Crippen molar-refractivity contribution in [3.05, 3.63) is 11.8 Å². The van der Waals surface area contributed by atoms with Crippen LogP contribution >= 0.6 is 0 Å². The fraction of sp³-hybridized carbons (Fsp3) is 0.946. The zero-order chi connectivity index (χ0) is 41.5. The molecule has 1 aliphatic rings. The van der Waals surface area contributed by atoms with Crippen LogP contribution in [0.15, 0.2) is 11.8 Å². The van der Waals surface area contributed by atoms with Crippen molar-refractivity contribution in [3.63, 3.8) is 0 Å². The van der Waals surface area contributed by atoms with Gasteiger partial charge >= 0.3 is 5.97 Å². The Morgan fingerprint density at radius 1 is 0.310 bits per heavy atom. The fourth-order valence-electron chi connectivity index (χ4n) is 9.42. The first-order valence-corrected chi connectivity index (χ1v) is 27.7. The van der Waals surface area contributed by atoms with Gasteiger partial charge in [0.1, 0.15) is 11.7 Å². The van der Waals surface area contributed by atoms with Gasteiger partial charge in [-0.3, -0.25) is 4.79 Å². The van der Waals surface area contributed by atoms with E-state index < -0.39 is 0 Å². The molecule has 0 aliphatic carbocycles. The molecule has 1 heterocycles. The zero-order valence-corrected chi connectivity index (χ0v) is 40.3. The quantitative estimate of drug-likeness (QED) is 0.0452. The van der Waals surface area contributed by atoms with E-state index in [1.165, 1.54) is 308 Å². The Hall–Kier alpha value is -0.790. The summed E-state index contributed by atoms with van der Waals surface area (Å²) in [6.45, 7) is 4.61. The maximum atomic E-state index is 12.1. The minimum Gasteiger partial charge on any atom is -0.430 e. The highest BCUT2D eigenvalue weighted by atomic mass is 16.6. The average Bonchev–Trinajstić information content (AvgIpc) is 3.23. The van der Waals surface area contributed by atoms with E-state index in [1.807, 2.05) is 0 Å². The van der Waals surface area contributed by atoms with E-state index in [0.717, 1.165) is 18.6 Å². The molecule has 344 valence electrons. The zero-order valence-electron chi connectivity index (χ0n) is 40.3. The third-order valence-electron chi connectivity index (χ3n) is 13.6. The standard InChI is InChI=1S/C56H108O2/c1-3-5-7-9-11-13-15-17-19-21-23-25-27-29-31-33-35-37-39-41-43-45-47-49-51-53-55-54(56(57)58-55)52-50-48-46-44-42-40-38-36-34-32-30-28-26-24-22-20-18-16-14-12-10-8-6-4-2/h53-54H,3-52H2,1-2H3/b55-53-. The van der Waals surface area contributed by atoms with E-state index in [-0.39, 0.29) is 11.9 Å². The maximum absolute atomic E-state index is 12.1. The molecule has 0 aromatic heterocycles. The van der Waals surface area contributed by atoms with Gasteiger partial charge in [-0.25, -0.2) is 0 Å². The molecule has 0 spiro atoms. The highest BCUT2D eigenvalue weighted by Gasteiger charge is 2.36. The van der Waals surface area contributed by atoms with Gasteiger partial charge < -0.3 is 4.74 Å². The molecule has 0 amide bonds. The summed E-state index contributed by atoms with van der Waals surface area (Å²) in [7, 11) is 0. The molecule has 1 aliphatic heterocycles. The van der Waals surface area contributed by atoms with Crippen LogP contribution in [0.5, 0.6) is 0 Å². The fourth-order valence-corrected chi connectivity index (χ4v) is 9.42. The van der Waals surface area contributed by atoms with Crippen LogP contribution in [-0.4, -0.2) is 5.97 Å². The summed E-state index contributed by atoms with van der Waals surface area (Å²) in [5, 5.41) is 0. The Labute approximate surface area is 366 Å². The van der Waals surface area contributed by atoms with E-state index in [9.17, 15) is 4.79 Å². The number of esters is 1. The Bertz CT molecular complexity index is 830. The van der Waals surface area contributed by atoms with Crippen molar-refractivity contribution in [2.75, 3.05) is 0 Å². The van der Waals surface area contributed by atoms with Gasteiger partial charge in [-0.15, -0.1) is 0 Å². The largest absolute Gasteiger partial charge is 0.430 e. The summed E-state index contributed by atoms with van der Waals surface area (Å²) in [4.78, 5) is 12.1. The Balaban J connectivity index is 1.75. The highest BCUT2D eigenvalue weighted by Crippen LogP contribution is 2.32. The third kappa shape index (κ3) is 39.4. The topological polar surface area (TPSA) is 26.3 Å². The van der Waals surface area contributed by atoms with Gasteiger partial charge in [0.15, 0.2) is 0 Å². The number of cyclic esters (lactones) is 1. The highest BCUT2D eigenvalue weighted by molar-refractivity contribution is 5.82. The van der Waals surface area contributed by atoms with Crippen molar-refractivity contribution in [1.82, 2.24) is 0 Å². The number of carbonyl (C=O) groups is 1. The minimum atomic E-state index is 0.0277. The Morgan fingerprint density at radius 2 is 0.517 bits per heavy atom. The molecule has 0 N–H and O–H groups in total. The Kier molecular flexibility index (Phi) is 45.0. The second-order valence-electron chi connectivity index (χ2n) is 19.4. The van der Waals surface area contributed by atoms with Crippen LogP contribution in [0, 0.1) is 5.92 Å². The second-order valence-corrected chi connectivity index (χ2v) is 19.4. The van der Waals surface area contributed by atoms with Crippen molar-refractivity contribution < 1.29 is 9.53 Å². The molecule has 1 fully saturated rings. The lowest BCUT2D eigenvalue weighted by Crippen LogP contribution is -2.32. The number of carbonyl (C=O) groups excluding carboxylic acids is 1. The molecule has 0 bridgehead atoms. The predicted octanol–water partition coefficient (Wildman–Crippen LogP) is 20.6. The maximum Gasteiger partial charge on any atom is 0.321 e. The molecule has 0 radical (unpaired) electrons. The monoisotopic (exact) mass is 813 g/mol. The number of ether oxygens (including phenoxy) is 1. The van der Waals surface area contributed by atoms with Gasteiger partial charge in [0.05, 0.1) is 0 Å². The Morgan fingerprint density at radius 3 is 0.741 bits per heavy atom. The van der Waals surface area contributed by atoms with Crippen molar-refractivity contribution in [2.24, 2.45) is 5.92 Å². The molecule has 1 rings (SSSR count). The van der Waals surface area contributed by atoms with Gasteiger partial charge in [0.2, 0.25) is 0 Å². The molecule has 0 aromatic rings. The van der Waals surface area contributed by atoms with Crippen LogP contribution in [-0.2, 0) is 9.53 Å². The first-order chi connectivity index (χ1) is 28.8. The van der Waals surface area contributed by atoms with Crippen LogP contribution in [0.2, 0.25) is 0 Å². The summed E-state index contributed by atoms with van der Waals surface area (Å²) < 4.78 is 5.43. The van der Waals surface area contributed by atoms with Gasteiger partial charge in [0.25, 0.3) is 0 Å². The van der Waals surface area contributed by atoms with Crippen LogP contribution in [0.1, 0.15) is 335 Å². The number of hydrogen-bond acceptors (Lipinski definition) is 2. The molecular formula is C56H108O2. The van der Waals surface area contributed by atoms with Crippen molar-refractivity contribution >= 4 is 5.97 Å². The molecule has 1 saturated heterocycles. The summed E-state index contributed by atoms with van der Waals surface area (Å²) in [5.74, 6) is 1.10. The van der Waals surface area contributed by atoms with E-state index >= 15 is 0 Å². The lowest BCUT2D eigenvalue weighted by Gasteiger charge is -2.28. The van der Waals surface area contributed by atoms with Gasteiger partial charge in [-0.05, 0) is 25.3 Å². The first kappa shape index (κ1) is 55.2. The summed E-state index contributed by atoms with van der Waals surface area (Å²) >= 11 is 0. The van der Waals surface area contributed by atoms with Gasteiger partial charge in [0, 0.05) is 0 Å². The molecule has 1 atom stereocenters. The number of allylic oxidation sites excluding steroid dienone is 1. The van der Waals surface area contributed by atoms with Crippen molar-refractivity contribution in [1.29, 1.82) is 0 Å². The van der Waals surface area contributed by atoms with Crippen molar-refractivity contribution in [3.8, 4) is 0 Å². The molecule has 58 heavy (non-hydrogen) atoms. The van der Waals surface area contributed by atoms with Crippen LogP contribution in [0.25, 0.3) is 0 Å². The second kappa shape index (κ2) is 47.3. The minimum absolute atomic E-state index is 0.0277. The predicted molar refractivity (Wildman–Crippen MR) is 260 cm³/mol. The van der Waals surface area contributed by atoms with Gasteiger partial charge in [-0.1, -0.05) is 316 Å². The van der Waals surface area contributed by atoms with Gasteiger partial charge in [-0.2, -0.15) is 0 Å².